The van der Waals surface area contributed by atoms with Gasteiger partial charge in [0.1, 0.15) is 0 Å². The molecule has 174 valence electrons. The fourth-order valence-corrected chi connectivity index (χ4v) is 4.29. The van der Waals surface area contributed by atoms with Gasteiger partial charge in [-0.3, -0.25) is 14.6 Å². The molecule has 0 spiro atoms. The number of benzene rings is 1. The molecule has 33 heavy (non-hydrogen) atoms. The lowest BCUT2D eigenvalue weighted by molar-refractivity contribution is -0.118. The van der Waals surface area contributed by atoms with Crippen LogP contribution < -0.4 is 10.1 Å². The van der Waals surface area contributed by atoms with E-state index in [1.807, 2.05) is 9.95 Å². The molecule has 2 heterocycles. The quantitative estimate of drug-likeness (QED) is 0.519. The Kier molecular flexibility index (Phi) is 7.94. The number of hydrogen-bond acceptors (Lipinski definition) is 5. The molecule has 3 aromatic rings. The van der Waals surface area contributed by atoms with Crippen LogP contribution in [0.1, 0.15) is 55.7 Å². The molecular weight excluding hydrogens is 436 g/mol. The summed E-state index contributed by atoms with van der Waals surface area (Å²) in [4.78, 5) is 33.0. The zero-order chi connectivity index (χ0) is 24.0. The molecule has 0 unspecified atom stereocenters. The van der Waals surface area contributed by atoms with Crippen LogP contribution in [0, 0.1) is 0 Å². The summed E-state index contributed by atoms with van der Waals surface area (Å²) >= 11 is 1.40. The lowest BCUT2D eigenvalue weighted by Crippen LogP contribution is -2.24. The van der Waals surface area contributed by atoms with Gasteiger partial charge in [0.2, 0.25) is 5.91 Å². The van der Waals surface area contributed by atoms with Crippen molar-refractivity contribution < 1.29 is 14.7 Å². The first-order valence-electron chi connectivity index (χ1n) is 10.9. The fourth-order valence-electron chi connectivity index (χ4n) is 3.36. The van der Waals surface area contributed by atoms with Gasteiger partial charge < -0.3 is 15.0 Å². The van der Waals surface area contributed by atoms with Crippen LogP contribution >= 0.6 is 11.3 Å². The highest BCUT2D eigenvalue weighted by molar-refractivity contribution is 7.07. The Hall–Kier alpha value is -3.10. The van der Waals surface area contributed by atoms with Crippen molar-refractivity contribution in [2.24, 2.45) is 4.99 Å². The molecule has 8 heteroatoms. The number of pyridine rings is 1. The zero-order valence-corrected chi connectivity index (χ0v) is 20.3. The van der Waals surface area contributed by atoms with Crippen LogP contribution in [0.15, 0.2) is 53.0 Å². The number of carbonyl (C=O) groups excluding carboxylic acids is 2. The summed E-state index contributed by atoms with van der Waals surface area (Å²) in [6.45, 7) is 8.94. The Labute approximate surface area is 197 Å². The monoisotopic (exact) mass is 466 g/mol. The van der Waals surface area contributed by atoms with E-state index in [4.69, 9.17) is 0 Å². The highest BCUT2D eigenvalue weighted by Gasteiger charge is 2.15. The lowest BCUT2D eigenvalue weighted by Gasteiger charge is -2.19. The Balaban J connectivity index is 1.97. The van der Waals surface area contributed by atoms with E-state index in [2.05, 4.69) is 60.3 Å². The maximum atomic E-state index is 12.8. The maximum Gasteiger partial charge on any atom is 0.279 e. The number of rotatable bonds is 7. The van der Waals surface area contributed by atoms with Crippen LogP contribution in [0.2, 0.25) is 0 Å². The second-order valence-electron chi connectivity index (χ2n) is 8.83. The van der Waals surface area contributed by atoms with Gasteiger partial charge in [-0.15, -0.1) is 11.3 Å². The normalized spacial score (nSPS) is 12.1. The molecule has 0 aliphatic rings. The van der Waals surface area contributed by atoms with Gasteiger partial charge in [-0.1, -0.05) is 45.0 Å². The maximum absolute atomic E-state index is 12.8. The molecule has 0 aliphatic carbocycles. The number of nitrogens with zero attached hydrogens (tertiary/aromatic N) is 3. The first-order valence-corrected chi connectivity index (χ1v) is 11.8. The van der Waals surface area contributed by atoms with Gasteiger partial charge in [0.05, 0.1) is 18.0 Å². The van der Waals surface area contributed by atoms with Crippen LogP contribution in [0.3, 0.4) is 0 Å². The second kappa shape index (κ2) is 10.7. The minimum absolute atomic E-state index is 0.0619. The van der Waals surface area contributed by atoms with Crippen molar-refractivity contribution in [2.75, 3.05) is 6.54 Å². The minimum Gasteiger partial charge on any atom is -0.390 e. The standard InChI is InChI=1S/C25H30N4O3S/c1-17(31)26-11-5-13-29-22(18-6-8-20(9-7-18)25(2,3)4)16-33-24(29)28-23(32)19-10-12-27-21(14-19)15-30/h6-10,12,14,16,30H,5,11,13,15H2,1-4H3,(H,26,31). The number of aliphatic hydroxyl groups is 1. The first kappa shape index (κ1) is 24.5. The molecule has 2 N–H and O–H groups in total. The predicted octanol–water partition coefficient (Wildman–Crippen LogP) is 3.67. The second-order valence-corrected chi connectivity index (χ2v) is 9.67. The largest absolute Gasteiger partial charge is 0.390 e. The third-order valence-electron chi connectivity index (χ3n) is 5.20. The van der Waals surface area contributed by atoms with Gasteiger partial charge in [0, 0.05) is 37.2 Å². The molecule has 1 aromatic carbocycles. The van der Waals surface area contributed by atoms with Crippen molar-refractivity contribution in [3.63, 3.8) is 0 Å². The van der Waals surface area contributed by atoms with Gasteiger partial charge in [-0.2, -0.15) is 4.99 Å². The van der Waals surface area contributed by atoms with E-state index >= 15 is 0 Å². The van der Waals surface area contributed by atoms with Crippen molar-refractivity contribution in [1.82, 2.24) is 14.9 Å². The molecule has 0 radical (unpaired) electrons. The lowest BCUT2D eigenvalue weighted by atomic mass is 9.86. The van der Waals surface area contributed by atoms with Gasteiger partial charge in [-0.05, 0) is 35.1 Å². The number of aliphatic hydroxyl groups excluding tert-OH is 1. The molecule has 0 saturated heterocycles. The van der Waals surface area contributed by atoms with Gasteiger partial charge in [-0.25, -0.2) is 0 Å². The summed E-state index contributed by atoms with van der Waals surface area (Å²) in [7, 11) is 0. The van der Waals surface area contributed by atoms with E-state index in [-0.39, 0.29) is 23.8 Å². The van der Waals surface area contributed by atoms with Gasteiger partial charge in [0.15, 0.2) is 4.80 Å². The van der Waals surface area contributed by atoms with Gasteiger partial charge >= 0.3 is 0 Å². The number of hydrogen-bond donors (Lipinski definition) is 2. The van der Waals surface area contributed by atoms with Crippen molar-refractivity contribution in [3.8, 4) is 11.3 Å². The number of nitrogens with one attached hydrogen (secondary N) is 1. The number of thiazole rings is 1. The Morgan fingerprint density at radius 1 is 1.18 bits per heavy atom. The zero-order valence-electron chi connectivity index (χ0n) is 19.5. The Morgan fingerprint density at radius 2 is 1.91 bits per heavy atom. The van der Waals surface area contributed by atoms with Crippen molar-refractivity contribution >= 4 is 23.2 Å². The Morgan fingerprint density at radius 3 is 2.55 bits per heavy atom. The Bertz CT molecular complexity index is 1190. The molecule has 2 aromatic heterocycles. The van der Waals surface area contributed by atoms with E-state index < -0.39 is 0 Å². The molecule has 0 bridgehead atoms. The average molecular weight is 467 g/mol. The third kappa shape index (κ3) is 6.46. The summed E-state index contributed by atoms with van der Waals surface area (Å²) < 4.78 is 2.02. The van der Waals surface area contributed by atoms with E-state index in [9.17, 15) is 14.7 Å². The summed E-state index contributed by atoms with van der Waals surface area (Å²) in [5.74, 6) is -0.458. The van der Waals surface area contributed by atoms with Crippen LogP contribution in [0.4, 0.5) is 0 Å². The van der Waals surface area contributed by atoms with Crippen LogP contribution in [0.25, 0.3) is 11.3 Å². The van der Waals surface area contributed by atoms with E-state index in [0.717, 1.165) is 11.3 Å². The number of aromatic nitrogens is 2. The van der Waals surface area contributed by atoms with E-state index in [1.54, 1.807) is 12.1 Å². The van der Waals surface area contributed by atoms with Crippen LogP contribution in [0.5, 0.6) is 0 Å². The topological polar surface area (TPSA) is 96.6 Å². The summed E-state index contributed by atoms with van der Waals surface area (Å²) in [5, 5.41) is 14.1. The van der Waals surface area contributed by atoms with E-state index in [1.165, 1.54) is 30.0 Å². The van der Waals surface area contributed by atoms with Gasteiger partial charge in [0.25, 0.3) is 5.91 Å². The molecule has 0 saturated carbocycles. The SMILES string of the molecule is CC(=O)NCCCn1c(-c2ccc(C(C)(C)C)cc2)csc1=NC(=O)c1ccnc(CO)c1. The van der Waals surface area contributed by atoms with Crippen LogP contribution in [-0.2, 0) is 23.4 Å². The smallest absolute Gasteiger partial charge is 0.279 e. The first-order chi connectivity index (χ1) is 15.7. The molecule has 0 aliphatic heterocycles. The van der Waals surface area contributed by atoms with Crippen molar-refractivity contribution in [2.45, 2.75) is 52.7 Å². The fraction of sp³-hybridized carbons (Fsp3) is 0.360. The third-order valence-corrected chi connectivity index (χ3v) is 6.06. The molecule has 3 rings (SSSR count). The number of carbonyl (C=O) groups is 2. The summed E-state index contributed by atoms with van der Waals surface area (Å²) in [5.41, 5.74) is 4.12. The van der Waals surface area contributed by atoms with Crippen LogP contribution in [-0.4, -0.2) is 33.0 Å². The minimum atomic E-state index is -0.390. The highest BCUT2D eigenvalue weighted by atomic mass is 32.1. The predicted molar refractivity (Wildman–Crippen MR) is 130 cm³/mol. The highest BCUT2D eigenvalue weighted by Crippen LogP contribution is 2.26. The number of amides is 2. The molecule has 0 fully saturated rings. The van der Waals surface area contributed by atoms with Crippen molar-refractivity contribution in [1.29, 1.82) is 0 Å². The van der Waals surface area contributed by atoms with Crippen molar-refractivity contribution in [3.05, 3.63) is 69.6 Å². The van der Waals surface area contributed by atoms with E-state index in [0.29, 0.717) is 35.6 Å². The molecular formula is C25H30N4O3S. The molecule has 2 amide bonds. The average Bonchev–Trinajstić information content (AvgIpc) is 3.18. The summed E-state index contributed by atoms with van der Waals surface area (Å²) in [6.07, 6.45) is 2.20. The summed E-state index contributed by atoms with van der Waals surface area (Å²) in [6, 6.07) is 11.6. The molecule has 7 nitrogen and oxygen atoms in total. The molecule has 0 atom stereocenters.